The van der Waals surface area contributed by atoms with Gasteiger partial charge in [-0.1, -0.05) is 39.8 Å². The molecule has 1 unspecified atom stereocenters. The number of aromatic nitrogens is 2. The molecule has 1 aromatic rings. The number of hydrogen-bond acceptors (Lipinski definition) is 2. The number of rotatable bonds is 0. The molecule has 0 aliphatic heterocycles. The molecule has 15 heavy (non-hydrogen) atoms. The van der Waals surface area contributed by atoms with Crippen molar-refractivity contribution in [1.29, 1.82) is 0 Å². The number of hydrogen-bond donors (Lipinski definition) is 0. The molecule has 0 amide bonds. The van der Waals surface area contributed by atoms with Gasteiger partial charge in [0.05, 0.1) is 11.0 Å². The molecular weight excluding hydrogens is 184 g/mol. The largest absolute Gasteiger partial charge is 0.240 e. The number of fused-ring (bicyclic) bond motifs is 1. The van der Waals surface area contributed by atoms with E-state index >= 15 is 0 Å². The molecule has 80 valence electrons. The summed E-state index contributed by atoms with van der Waals surface area (Å²) in [6.45, 7) is 8.81. The molecule has 0 spiro atoms. The van der Waals surface area contributed by atoms with Crippen LogP contribution in [0.15, 0.2) is 6.33 Å². The average molecular weight is 202 g/mol. The minimum atomic E-state index is 0.0952. The highest BCUT2D eigenvalue weighted by Gasteiger charge is 2.18. The zero-order valence-corrected chi connectivity index (χ0v) is 9.91. The second-order valence-electron chi connectivity index (χ2n) is 5.35. The number of nitrogens with zero attached hydrogens (tertiary/aromatic N) is 2. The van der Waals surface area contributed by atoms with Crippen molar-refractivity contribution in [3.63, 3.8) is 0 Å². The molecule has 0 radical (unpaired) electrons. The van der Waals surface area contributed by atoms with Crippen molar-refractivity contribution in [2.75, 3.05) is 0 Å². The van der Waals surface area contributed by atoms with Gasteiger partial charge in [-0.25, -0.2) is 9.97 Å². The highest BCUT2D eigenvalue weighted by Crippen LogP contribution is 2.16. The smallest absolute Gasteiger partial charge is 0.116 e. The topological polar surface area (TPSA) is 25.8 Å². The van der Waals surface area contributed by atoms with E-state index in [4.69, 9.17) is 0 Å². The van der Waals surface area contributed by atoms with Crippen LogP contribution in [0.25, 0.3) is 12.2 Å². The van der Waals surface area contributed by atoms with E-state index in [9.17, 15) is 0 Å². The monoisotopic (exact) mass is 202 g/mol. The van der Waals surface area contributed by atoms with Crippen molar-refractivity contribution in [2.45, 2.75) is 39.5 Å². The van der Waals surface area contributed by atoms with E-state index in [1.807, 2.05) is 0 Å². The van der Waals surface area contributed by atoms with E-state index in [-0.39, 0.29) is 5.41 Å². The Morgan fingerprint density at radius 1 is 1.27 bits per heavy atom. The first-order valence-corrected chi connectivity index (χ1v) is 5.52. The van der Waals surface area contributed by atoms with Crippen LogP contribution in [-0.4, -0.2) is 9.97 Å². The van der Waals surface area contributed by atoms with Crippen LogP contribution in [0, 0.1) is 5.92 Å². The molecule has 0 aromatic carbocycles. The minimum Gasteiger partial charge on any atom is -0.240 e. The Kier molecular flexibility index (Phi) is 2.37. The fourth-order valence-corrected chi connectivity index (χ4v) is 1.98. The molecule has 0 bridgehead atoms. The van der Waals surface area contributed by atoms with Crippen molar-refractivity contribution in [3.8, 4) is 0 Å². The summed E-state index contributed by atoms with van der Waals surface area (Å²) >= 11 is 0. The van der Waals surface area contributed by atoms with E-state index in [1.54, 1.807) is 6.33 Å². The molecule has 1 atom stereocenters. The first-order valence-electron chi connectivity index (χ1n) is 5.52. The highest BCUT2D eigenvalue weighted by atomic mass is 14.8. The zero-order valence-electron chi connectivity index (χ0n) is 9.91. The molecule has 2 nitrogen and oxygen atoms in total. The lowest BCUT2D eigenvalue weighted by molar-refractivity contribution is 0.559. The van der Waals surface area contributed by atoms with Crippen molar-refractivity contribution < 1.29 is 0 Å². The minimum absolute atomic E-state index is 0.0952. The van der Waals surface area contributed by atoms with Crippen LogP contribution >= 0.6 is 0 Å². The van der Waals surface area contributed by atoms with E-state index in [1.165, 1.54) is 5.22 Å². The standard InChI is InChI=1S/C13H18N2/c1-9-5-6-10-11(7-9)14-8-15-12(10)13(2,3)4/h6-9H,5H2,1-4H3. The lowest BCUT2D eigenvalue weighted by Crippen LogP contribution is -2.39. The highest BCUT2D eigenvalue weighted by molar-refractivity contribution is 5.40. The van der Waals surface area contributed by atoms with Gasteiger partial charge in [0.15, 0.2) is 0 Å². The van der Waals surface area contributed by atoms with E-state index in [0.29, 0.717) is 5.92 Å². The summed E-state index contributed by atoms with van der Waals surface area (Å²) in [6.07, 6.45) is 7.30. The summed E-state index contributed by atoms with van der Waals surface area (Å²) in [6, 6.07) is 0. The summed E-state index contributed by atoms with van der Waals surface area (Å²) < 4.78 is 0. The molecule has 2 rings (SSSR count). The van der Waals surface area contributed by atoms with Crippen LogP contribution in [-0.2, 0) is 5.41 Å². The predicted molar refractivity (Wildman–Crippen MR) is 62.7 cm³/mol. The molecule has 0 fully saturated rings. The van der Waals surface area contributed by atoms with E-state index in [0.717, 1.165) is 17.5 Å². The first kappa shape index (κ1) is 10.3. The van der Waals surface area contributed by atoms with Gasteiger partial charge in [-0.15, -0.1) is 0 Å². The molecule has 2 heteroatoms. The van der Waals surface area contributed by atoms with Gasteiger partial charge in [-0.3, -0.25) is 0 Å². The first-order chi connectivity index (χ1) is 6.98. The molecule has 1 aliphatic rings. The molecule has 0 N–H and O–H groups in total. The van der Waals surface area contributed by atoms with Gasteiger partial charge in [0.1, 0.15) is 6.33 Å². The van der Waals surface area contributed by atoms with Crippen LogP contribution in [0.5, 0.6) is 0 Å². The van der Waals surface area contributed by atoms with Crippen LogP contribution < -0.4 is 10.6 Å². The Morgan fingerprint density at radius 3 is 2.67 bits per heavy atom. The Hall–Kier alpha value is -1.18. The molecule has 0 saturated carbocycles. The van der Waals surface area contributed by atoms with E-state index < -0.39 is 0 Å². The van der Waals surface area contributed by atoms with Gasteiger partial charge in [0.25, 0.3) is 0 Å². The third kappa shape index (κ3) is 1.94. The van der Waals surface area contributed by atoms with Crippen molar-refractivity contribution in [3.05, 3.63) is 22.6 Å². The molecule has 1 aliphatic carbocycles. The van der Waals surface area contributed by atoms with Gasteiger partial charge >= 0.3 is 0 Å². The Bertz CT molecular complexity index is 480. The second kappa shape index (κ2) is 3.44. The molecular formula is C13H18N2. The maximum absolute atomic E-state index is 4.43. The van der Waals surface area contributed by atoms with Gasteiger partial charge in [0.2, 0.25) is 0 Å². The fraction of sp³-hybridized carbons (Fsp3) is 0.538. The van der Waals surface area contributed by atoms with Crippen LogP contribution in [0.1, 0.15) is 39.8 Å². The van der Waals surface area contributed by atoms with Crippen LogP contribution in [0.2, 0.25) is 0 Å². The predicted octanol–water partition coefficient (Wildman–Crippen LogP) is 1.37. The quantitative estimate of drug-likeness (QED) is 0.635. The zero-order chi connectivity index (χ0) is 11.1. The van der Waals surface area contributed by atoms with Crippen LogP contribution in [0.3, 0.4) is 0 Å². The lowest BCUT2D eigenvalue weighted by atomic mass is 9.88. The SMILES string of the molecule is CC1C=c2ncnc(C(C)(C)C)c2=CC1. The maximum atomic E-state index is 4.43. The maximum Gasteiger partial charge on any atom is 0.116 e. The van der Waals surface area contributed by atoms with Crippen molar-refractivity contribution >= 4 is 12.2 Å². The van der Waals surface area contributed by atoms with Gasteiger partial charge < -0.3 is 0 Å². The second-order valence-corrected chi connectivity index (χ2v) is 5.35. The Balaban J connectivity index is 2.73. The summed E-state index contributed by atoms with van der Waals surface area (Å²) in [5.74, 6) is 0.597. The summed E-state index contributed by atoms with van der Waals surface area (Å²) in [5, 5.41) is 2.34. The third-order valence-corrected chi connectivity index (χ3v) is 2.76. The van der Waals surface area contributed by atoms with Crippen molar-refractivity contribution in [1.82, 2.24) is 9.97 Å². The molecule has 1 heterocycles. The summed E-state index contributed by atoms with van der Waals surface area (Å²) in [4.78, 5) is 8.77. The molecule has 1 aromatic heterocycles. The van der Waals surface area contributed by atoms with Crippen molar-refractivity contribution in [2.24, 2.45) is 5.92 Å². The summed E-state index contributed by atoms with van der Waals surface area (Å²) in [7, 11) is 0. The van der Waals surface area contributed by atoms with Gasteiger partial charge in [-0.2, -0.15) is 0 Å². The fourth-order valence-electron chi connectivity index (χ4n) is 1.98. The lowest BCUT2D eigenvalue weighted by Gasteiger charge is -2.19. The Morgan fingerprint density at radius 2 is 2.00 bits per heavy atom. The Labute approximate surface area is 90.8 Å². The normalized spacial score (nSPS) is 20.1. The summed E-state index contributed by atoms with van der Waals surface area (Å²) in [5.41, 5.74) is 1.26. The van der Waals surface area contributed by atoms with Gasteiger partial charge in [0, 0.05) is 10.6 Å². The third-order valence-electron chi connectivity index (χ3n) is 2.76. The van der Waals surface area contributed by atoms with E-state index in [2.05, 4.69) is 49.8 Å². The van der Waals surface area contributed by atoms with Gasteiger partial charge in [-0.05, 0) is 12.3 Å². The van der Waals surface area contributed by atoms with Crippen LogP contribution in [0.4, 0.5) is 0 Å². The molecule has 0 saturated heterocycles. The average Bonchev–Trinajstić information content (AvgIpc) is 2.15.